The average molecular weight is 615 g/mol. The molecule has 2 N–H and O–H groups in total. The first kappa shape index (κ1) is 29.5. The van der Waals surface area contributed by atoms with Crippen molar-refractivity contribution in [3.05, 3.63) is 72.6 Å². The standard InChI is InChI=1S/C38H42N6O2/c1-3-29(21-45)43-23-37(13-14-37)17-33(43)35-39-19-31(41-35)27-9-5-25(6-10-27)26-7-11-28(12-8-26)32-20-40-36(42-32)34-18-38(15-16-38)24-44(34)30(4-2)22-46/h5-12,19-20,29-30,33-34H,3-4,13-18,23-24H2,1-2H3,(H,39,41)(H,40,42)/t29-,30-,33-,34-/m0/s1. The van der Waals surface area contributed by atoms with E-state index in [1.807, 2.05) is 12.4 Å². The van der Waals surface area contributed by atoms with Crippen LogP contribution >= 0.6 is 0 Å². The maximum atomic E-state index is 11.7. The number of aromatic nitrogens is 4. The summed E-state index contributed by atoms with van der Waals surface area (Å²) in [7, 11) is 0. The fourth-order valence-electron chi connectivity index (χ4n) is 8.17. The molecule has 0 amide bonds. The molecule has 2 aliphatic heterocycles. The molecule has 0 bridgehead atoms. The molecule has 8 nitrogen and oxygen atoms in total. The van der Waals surface area contributed by atoms with Gasteiger partial charge in [-0.1, -0.05) is 62.4 Å². The molecule has 2 aromatic heterocycles. The summed E-state index contributed by atoms with van der Waals surface area (Å²) in [6, 6.07) is 17.1. The summed E-state index contributed by atoms with van der Waals surface area (Å²) in [4.78, 5) is 45.0. The van der Waals surface area contributed by atoms with Crippen molar-refractivity contribution in [2.45, 2.75) is 89.4 Å². The Hall–Kier alpha value is -3.88. The minimum Gasteiger partial charge on any atom is -0.347 e. The van der Waals surface area contributed by atoms with Crippen LogP contribution < -0.4 is 0 Å². The van der Waals surface area contributed by atoms with Gasteiger partial charge >= 0.3 is 0 Å². The molecule has 2 saturated heterocycles. The Balaban J connectivity index is 0.960. The zero-order valence-electron chi connectivity index (χ0n) is 26.8. The van der Waals surface area contributed by atoms with E-state index in [4.69, 9.17) is 9.97 Å². The van der Waals surface area contributed by atoms with Crippen LogP contribution in [0.4, 0.5) is 0 Å². The van der Waals surface area contributed by atoms with Crippen LogP contribution in [-0.4, -0.2) is 67.5 Å². The van der Waals surface area contributed by atoms with Crippen molar-refractivity contribution in [2.24, 2.45) is 10.8 Å². The highest BCUT2D eigenvalue weighted by Gasteiger charge is 2.55. The van der Waals surface area contributed by atoms with Crippen LogP contribution in [0.2, 0.25) is 0 Å². The number of benzene rings is 2. The maximum absolute atomic E-state index is 11.7. The number of hydrogen-bond acceptors (Lipinski definition) is 6. The molecule has 8 rings (SSSR count). The fourth-order valence-corrected chi connectivity index (χ4v) is 8.17. The third-order valence-electron chi connectivity index (χ3n) is 11.4. The van der Waals surface area contributed by atoms with E-state index in [1.54, 1.807) is 0 Å². The monoisotopic (exact) mass is 614 g/mol. The number of aromatic amines is 2. The van der Waals surface area contributed by atoms with Gasteiger partial charge in [0, 0.05) is 36.6 Å². The SMILES string of the molecule is CC[C@@H]([C]=O)N1CC2(CC2)C[C@H]1c1nc(-c2ccc(-c3ccc(-c4c[nH]c([C@@H]5CC6(CC6)CN5[C@H]([C]=O)CC)n4)cc3)cc2)c[nH]1. The van der Waals surface area contributed by atoms with E-state index >= 15 is 0 Å². The van der Waals surface area contributed by atoms with Crippen molar-refractivity contribution in [3.63, 3.8) is 0 Å². The molecule has 4 heterocycles. The molecular formula is C38H42N6O2. The van der Waals surface area contributed by atoms with Gasteiger partial charge in [0.1, 0.15) is 11.6 Å². The smallest absolute Gasteiger partial charge is 0.217 e. The number of hydrogen-bond donors (Lipinski definition) is 2. The number of carbonyl (C=O) groups excluding carboxylic acids is 2. The molecule has 2 aliphatic carbocycles. The van der Waals surface area contributed by atoms with Gasteiger partial charge in [-0.15, -0.1) is 0 Å². The Morgan fingerprint density at radius 1 is 0.674 bits per heavy atom. The van der Waals surface area contributed by atoms with Gasteiger partial charge in [-0.2, -0.15) is 0 Å². The highest BCUT2D eigenvalue weighted by atomic mass is 16.1. The predicted molar refractivity (Wildman–Crippen MR) is 178 cm³/mol. The molecular weight excluding hydrogens is 572 g/mol. The fraction of sp³-hybridized carbons (Fsp3) is 0.474. The van der Waals surface area contributed by atoms with Crippen LogP contribution in [0.5, 0.6) is 0 Å². The van der Waals surface area contributed by atoms with Gasteiger partial charge in [-0.3, -0.25) is 19.4 Å². The summed E-state index contributed by atoms with van der Waals surface area (Å²) in [6.45, 7) is 6.06. The zero-order chi connectivity index (χ0) is 31.5. The van der Waals surface area contributed by atoms with Crippen molar-refractivity contribution < 1.29 is 9.59 Å². The third-order valence-corrected chi connectivity index (χ3v) is 11.4. The lowest BCUT2D eigenvalue weighted by molar-refractivity contribution is 0.206. The van der Waals surface area contributed by atoms with Crippen molar-refractivity contribution in [1.29, 1.82) is 0 Å². The number of imidazole rings is 2. The molecule has 46 heavy (non-hydrogen) atoms. The largest absolute Gasteiger partial charge is 0.347 e. The molecule has 4 atom stereocenters. The van der Waals surface area contributed by atoms with Gasteiger partial charge in [0.25, 0.3) is 0 Å². The second kappa shape index (κ2) is 11.4. The van der Waals surface area contributed by atoms with Crippen LogP contribution in [0.25, 0.3) is 33.6 Å². The van der Waals surface area contributed by atoms with Crippen molar-refractivity contribution >= 4 is 12.6 Å². The zero-order valence-corrected chi connectivity index (χ0v) is 26.8. The molecule has 2 radical (unpaired) electrons. The summed E-state index contributed by atoms with van der Waals surface area (Å²) < 4.78 is 0. The summed E-state index contributed by atoms with van der Waals surface area (Å²) >= 11 is 0. The normalized spacial score (nSPS) is 24.4. The quantitative estimate of drug-likeness (QED) is 0.190. The van der Waals surface area contributed by atoms with E-state index in [9.17, 15) is 9.59 Å². The first-order valence-electron chi connectivity index (χ1n) is 17.0. The highest BCUT2D eigenvalue weighted by molar-refractivity contribution is 5.71. The van der Waals surface area contributed by atoms with E-state index in [-0.39, 0.29) is 24.2 Å². The molecule has 236 valence electrons. The molecule has 0 unspecified atom stereocenters. The number of likely N-dealkylation sites (tertiary alicyclic amines) is 2. The van der Waals surface area contributed by atoms with Gasteiger partial charge in [0.15, 0.2) is 0 Å². The first-order valence-corrected chi connectivity index (χ1v) is 17.0. The Morgan fingerprint density at radius 3 is 1.37 bits per heavy atom. The van der Waals surface area contributed by atoms with Crippen LogP contribution in [0.1, 0.15) is 88.9 Å². The highest BCUT2D eigenvalue weighted by Crippen LogP contribution is 2.59. The minimum atomic E-state index is -0.174. The lowest BCUT2D eigenvalue weighted by atomic mass is 10.0. The van der Waals surface area contributed by atoms with Gasteiger partial charge in [0.2, 0.25) is 12.6 Å². The number of nitrogens with zero attached hydrogens (tertiary/aromatic N) is 4. The van der Waals surface area contributed by atoms with Gasteiger partial charge in [-0.25, -0.2) is 9.97 Å². The molecule has 4 aliphatic rings. The Labute approximate surface area is 271 Å². The lowest BCUT2D eigenvalue weighted by Crippen LogP contribution is -2.36. The lowest BCUT2D eigenvalue weighted by Gasteiger charge is -2.27. The molecule has 2 saturated carbocycles. The molecule has 4 aromatic rings. The molecule has 2 aromatic carbocycles. The van der Waals surface area contributed by atoms with Crippen LogP contribution in [0.3, 0.4) is 0 Å². The summed E-state index contributed by atoms with van der Waals surface area (Å²) in [5, 5.41) is 0. The van der Waals surface area contributed by atoms with Crippen molar-refractivity contribution in [2.75, 3.05) is 13.1 Å². The number of rotatable bonds is 11. The maximum Gasteiger partial charge on any atom is 0.217 e. The summed E-state index contributed by atoms with van der Waals surface area (Å²) in [6.07, 6.45) is 17.2. The first-order chi connectivity index (χ1) is 22.5. The predicted octanol–water partition coefficient (Wildman–Crippen LogP) is 6.96. The Kier molecular flexibility index (Phi) is 7.33. The van der Waals surface area contributed by atoms with Crippen LogP contribution in [0, 0.1) is 10.8 Å². The van der Waals surface area contributed by atoms with Crippen LogP contribution in [-0.2, 0) is 9.59 Å². The number of H-pyrrole nitrogens is 2. The van der Waals surface area contributed by atoms with E-state index in [1.165, 1.54) is 25.7 Å². The van der Waals surface area contributed by atoms with Gasteiger partial charge in [0.05, 0.1) is 35.6 Å². The summed E-state index contributed by atoms with van der Waals surface area (Å²) in [5.41, 5.74) is 7.01. The third kappa shape index (κ3) is 5.25. The molecule has 2 spiro atoms. The van der Waals surface area contributed by atoms with Gasteiger partial charge in [-0.05, 0) is 73.3 Å². The topological polar surface area (TPSA) is 98.0 Å². The van der Waals surface area contributed by atoms with E-state index in [0.29, 0.717) is 10.8 Å². The minimum absolute atomic E-state index is 0.140. The second-order valence-electron chi connectivity index (χ2n) is 14.4. The van der Waals surface area contributed by atoms with Crippen molar-refractivity contribution in [3.8, 4) is 33.6 Å². The number of nitrogens with one attached hydrogen (secondary N) is 2. The van der Waals surface area contributed by atoms with Crippen molar-refractivity contribution in [1.82, 2.24) is 29.7 Å². The second-order valence-corrected chi connectivity index (χ2v) is 14.4. The Bertz CT molecular complexity index is 1590. The van der Waals surface area contributed by atoms with E-state index in [0.717, 1.165) is 84.1 Å². The van der Waals surface area contributed by atoms with Crippen LogP contribution in [0.15, 0.2) is 60.9 Å². The van der Waals surface area contributed by atoms with E-state index in [2.05, 4.69) is 94.7 Å². The summed E-state index contributed by atoms with van der Waals surface area (Å²) in [5.74, 6) is 1.90. The van der Waals surface area contributed by atoms with Gasteiger partial charge < -0.3 is 9.97 Å². The molecule has 4 fully saturated rings. The Morgan fingerprint density at radius 2 is 1.04 bits per heavy atom. The average Bonchev–Trinajstić information content (AvgIpc) is 3.67. The van der Waals surface area contributed by atoms with E-state index < -0.39 is 0 Å². The molecule has 8 heteroatoms.